The number of aliphatic hydroxyl groups excluding tert-OH is 1. The van der Waals surface area contributed by atoms with E-state index < -0.39 is 39.8 Å². The lowest BCUT2D eigenvalue weighted by Gasteiger charge is -2.26. The zero-order valence-corrected chi connectivity index (χ0v) is 26.3. The van der Waals surface area contributed by atoms with Crippen LogP contribution in [0.3, 0.4) is 0 Å². The predicted molar refractivity (Wildman–Crippen MR) is 175 cm³/mol. The van der Waals surface area contributed by atoms with Gasteiger partial charge in [-0.05, 0) is 66.4 Å². The molecule has 7 nitrogen and oxygen atoms in total. The molecular weight excluding hydrogens is 615 g/mol. The van der Waals surface area contributed by atoms with Crippen LogP contribution in [-0.4, -0.2) is 44.4 Å². The molecule has 0 aromatic heterocycles. The minimum atomic E-state index is -4.47. The lowest BCUT2D eigenvalue weighted by molar-refractivity contribution is -0.137. The van der Waals surface area contributed by atoms with Gasteiger partial charge >= 0.3 is 6.18 Å². The highest BCUT2D eigenvalue weighted by Gasteiger charge is 2.30. The molecule has 0 saturated heterocycles. The summed E-state index contributed by atoms with van der Waals surface area (Å²) in [6, 6.07) is 26.5. The number of sulfonamides is 1. The van der Waals surface area contributed by atoms with Crippen molar-refractivity contribution in [3.63, 3.8) is 0 Å². The Hall–Kier alpha value is -4.45. The van der Waals surface area contributed by atoms with E-state index in [1.807, 2.05) is 30.3 Å². The lowest BCUT2D eigenvalue weighted by atomic mass is 9.99. The fraction of sp³-hybridized carbons (Fsp3) is 0.229. The van der Waals surface area contributed by atoms with E-state index in [0.717, 1.165) is 28.3 Å². The summed E-state index contributed by atoms with van der Waals surface area (Å²) in [6.07, 6.45) is -4.27. The summed E-state index contributed by atoms with van der Waals surface area (Å²) in [6.45, 7) is 5.76. The molecule has 4 rings (SSSR count). The average molecular weight is 652 g/mol. The van der Waals surface area contributed by atoms with Crippen LogP contribution in [-0.2, 0) is 29.2 Å². The van der Waals surface area contributed by atoms with E-state index in [-0.39, 0.29) is 30.8 Å². The second-order valence-electron chi connectivity index (χ2n) is 11.1. The number of benzene rings is 4. The number of allylic oxidation sites excluding steroid dienone is 1. The Labute approximate surface area is 267 Å². The van der Waals surface area contributed by atoms with Crippen molar-refractivity contribution in [3.05, 3.63) is 138 Å². The summed E-state index contributed by atoms with van der Waals surface area (Å²) >= 11 is 0. The molecule has 0 aliphatic carbocycles. The zero-order valence-electron chi connectivity index (χ0n) is 25.5. The van der Waals surface area contributed by atoms with Gasteiger partial charge in [-0.15, -0.1) is 0 Å². The molecule has 0 fully saturated rings. The molecule has 2 atom stereocenters. The average Bonchev–Trinajstić information content (AvgIpc) is 3.00. The normalized spacial score (nSPS) is 13.1. The molecule has 0 aliphatic heterocycles. The van der Waals surface area contributed by atoms with Gasteiger partial charge in [-0.2, -0.15) is 13.2 Å². The van der Waals surface area contributed by atoms with Gasteiger partial charge in [0.15, 0.2) is 0 Å². The molecule has 46 heavy (non-hydrogen) atoms. The van der Waals surface area contributed by atoms with Gasteiger partial charge in [0, 0.05) is 18.7 Å². The Bertz CT molecular complexity index is 1770. The number of nitrogens with zero attached hydrogens (tertiary/aromatic N) is 1. The van der Waals surface area contributed by atoms with E-state index in [2.05, 4.69) is 17.2 Å². The van der Waals surface area contributed by atoms with E-state index >= 15 is 0 Å². The Morgan fingerprint density at radius 2 is 1.48 bits per heavy atom. The van der Waals surface area contributed by atoms with Crippen LogP contribution < -0.4 is 14.9 Å². The van der Waals surface area contributed by atoms with Crippen molar-refractivity contribution in [1.29, 1.82) is 0 Å². The van der Waals surface area contributed by atoms with Crippen LogP contribution in [0.4, 0.5) is 24.5 Å². The highest BCUT2D eigenvalue weighted by molar-refractivity contribution is 7.92. The molecular formula is C35H36F3N3O4S. The number of carbonyl (C=O) groups excluding carboxylic acids is 1. The molecule has 0 bridgehead atoms. The van der Waals surface area contributed by atoms with Crippen LogP contribution in [0.2, 0.25) is 0 Å². The first-order valence-electron chi connectivity index (χ1n) is 14.5. The molecule has 3 N–H and O–H groups in total. The predicted octanol–water partition coefficient (Wildman–Crippen LogP) is 6.33. The smallest absolute Gasteiger partial charge is 0.390 e. The largest absolute Gasteiger partial charge is 0.416 e. The molecule has 4 aromatic carbocycles. The van der Waals surface area contributed by atoms with Gasteiger partial charge in [0.1, 0.15) is 0 Å². The number of nitrogens with one attached hydrogen (secondary N) is 2. The van der Waals surface area contributed by atoms with Crippen LogP contribution in [0.15, 0.2) is 110 Å². The summed E-state index contributed by atoms with van der Waals surface area (Å²) in [5.41, 5.74) is 2.41. The first-order valence-corrected chi connectivity index (χ1v) is 16.3. The fourth-order valence-corrected chi connectivity index (χ4v) is 5.96. The number of alkyl halides is 3. The summed E-state index contributed by atoms with van der Waals surface area (Å²) < 4.78 is 66.4. The molecule has 0 saturated carbocycles. The zero-order chi connectivity index (χ0) is 33.5. The van der Waals surface area contributed by atoms with Gasteiger partial charge in [-0.25, -0.2) is 12.7 Å². The van der Waals surface area contributed by atoms with Crippen molar-refractivity contribution in [2.75, 3.05) is 17.1 Å². The first kappa shape index (κ1) is 34.4. The topological polar surface area (TPSA) is 98.7 Å². The number of hydrogen-bond donors (Lipinski definition) is 3. The van der Waals surface area contributed by atoms with Crippen molar-refractivity contribution in [1.82, 2.24) is 10.6 Å². The van der Waals surface area contributed by atoms with E-state index in [9.17, 15) is 31.5 Å². The Kier molecular flexibility index (Phi) is 11.0. The molecule has 0 radical (unpaired) electrons. The van der Waals surface area contributed by atoms with Gasteiger partial charge in [-0.1, -0.05) is 78.9 Å². The Morgan fingerprint density at radius 1 is 0.870 bits per heavy atom. The lowest BCUT2D eigenvalue weighted by Crippen LogP contribution is -2.48. The number of halogens is 3. The van der Waals surface area contributed by atoms with Crippen molar-refractivity contribution >= 4 is 32.9 Å². The van der Waals surface area contributed by atoms with Crippen LogP contribution in [0.25, 0.3) is 5.57 Å². The highest BCUT2D eigenvalue weighted by Crippen LogP contribution is 2.32. The van der Waals surface area contributed by atoms with E-state index in [1.54, 1.807) is 55.5 Å². The van der Waals surface area contributed by atoms with Crippen molar-refractivity contribution in [3.8, 4) is 0 Å². The van der Waals surface area contributed by atoms with Crippen LogP contribution in [0.5, 0.6) is 0 Å². The third kappa shape index (κ3) is 9.29. The fourth-order valence-electron chi connectivity index (χ4n) is 4.97. The number of anilines is 2. The number of aliphatic hydroxyl groups is 1. The second kappa shape index (κ2) is 14.8. The summed E-state index contributed by atoms with van der Waals surface area (Å²) in [4.78, 5) is 13.8. The maximum atomic E-state index is 13.8. The number of amides is 1. The number of rotatable bonds is 13. The molecule has 0 unspecified atom stereocenters. The van der Waals surface area contributed by atoms with Gasteiger partial charge in [0.05, 0.1) is 35.3 Å². The first-order chi connectivity index (χ1) is 21.7. The van der Waals surface area contributed by atoms with Crippen molar-refractivity contribution < 1.29 is 31.5 Å². The number of hydrogen-bond acceptors (Lipinski definition) is 5. The van der Waals surface area contributed by atoms with Crippen LogP contribution >= 0.6 is 0 Å². The molecule has 0 aliphatic rings. The quantitative estimate of drug-likeness (QED) is 0.157. The monoisotopic (exact) mass is 651 g/mol. The SMILES string of the molecule is C=C(C)c1cc(C(=O)N[C@@H](Cc2ccccc2)[C@@H](O)CNCc2cccc(C(F)(F)F)c2)cc(N(c2ccccc2)S(C)(=O)=O)c1. The second-order valence-corrected chi connectivity index (χ2v) is 12.9. The maximum Gasteiger partial charge on any atom is 0.416 e. The molecule has 11 heteroatoms. The molecule has 0 heterocycles. The minimum Gasteiger partial charge on any atom is -0.390 e. The summed E-state index contributed by atoms with van der Waals surface area (Å²) in [5.74, 6) is -0.552. The Balaban J connectivity index is 1.60. The third-order valence-electron chi connectivity index (χ3n) is 7.25. The molecule has 4 aromatic rings. The maximum absolute atomic E-state index is 13.8. The van der Waals surface area contributed by atoms with E-state index in [1.165, 1.54) is 12.1 Å². The van der Waals surface area contributed by atoms with E-state index in [0.29, 0.717) is 22.4 Å². The molecule has 1 amide bonds. The van der Waals surface area contributed by atoms with E-state index in [4.69, 9.17) is 0 Å². The minimum absolute atomic E-state index is 0.0268. The van der Waals surface area contributed by atoms with Crippen molar-refractivity contribution in [2.45, 2.75) is 38.2 Å². The van der Waals surface area contributed by atoms with Gasteiger partial charge < -0.3 is 15.7 Å². The number of carbonyl (C=O) groups is 1. The van der Waals surface area contributed by atoms with Gasteiger partial charge in [0.2, 0.25) is 10.0 Å². The standard InChI is InChI=1S/C35H36F3N3O4S/c1-24(2)27-19-28(21-31(20-27)41(46(3,44)45)30-15-8-5-9-16-30)34(43)40-32(18-25-11-6-4-7-12-25)33(42)23-39-22-26-13-10-14-29(17-26)35(36,37)38/h4-17,19-21,32-33,39,42H,1,18,22-23H2,2-3H3,(H,40,43)/t32-,33-/m0/s1. The molecule has 0 spiro atoms. The summed E-state index contributed by atoms with van der Waals surface area (Å²) in [5, 5.41) is 17.1. The number of para-hydroxylation sites is 1. The van der Waals surface area contributed by atoms with Crippen LogP contribution in [0, 0.1) is 0 Å². The van der Waals surface area contributed by atoms with Gasteiger partial charge in [-0.3, -0.25) is 4.79 Å². The molecule has 242 valence electrons. The third-order valence-corrected chi connectivity index (χ3v) is 8.33. The summed E-state index contributed by atoms with van der Waals surface area (Å²) in [7, 11) is -3.82. The van der Waals surface area contributed by atoms with Crippen molar-refractivity contribution in [2.24, 2.45) is 0 Å². The van der Waals surface area contributed by atoms with Crippen LogP contribution in [0.1, 0.15) is 39.5 Å². The highest BCUT2D eigenvalue weighted by atomic mass is 32.2. The Morgan fingerprint density at radius 3 is 2.09 bits per heavy atom. The van der Waals surface area contributed by atoms with Gasteiger partial charge in [0.25, 0.3) is 5.91 Å².